The number of hydrogen-bond donors (Lipinski definition) is 0. The average molecular weight is 701 g/mol. The van der Waals surface area contributed by atoms with Crippen molar-refractivity contribution in [2.24, 2.45) is 0 Å². The van der Waals surface area contributed by atoms with E-state index in [0.717, 1.165) is 39.1 Å². The Bertz CT molecular complexity index is 3120. The SMILES string of the molecule is CC1(C)c2ccccc2-c2ccc3c4ccc(-c5ccc(-c6nc(-c7ccc(-c8ccccc8)cc7)c7ccccc7n6)cc5)cc4c4ccccc4c3c21. The van der Waals surface area contributed by atoms with E-state index in [9.17, 15) is 0 Å². The van der Waals surface area contributed by atoms with E-state index in [-0.39, 0.29) is 5.41 Å². The standard InChI is InChI=1S/C53H36N2/c1-53(2)47-18-10-8-15-41(47)44-31-30-43-40-29-28-38(32-46(40)39-14-6-7-16-42(39)49(43)50(44)53)35-22-26-37(27-23-35)52-54-48-19-11-9-17-45(48)51(55-52)36-24-20-34(21-25-36)33-12-4-3-5-13-33/h3-32H,1-2H3. The van der Waals surface area contributed by atoms with Crippen molar-refractivity contribution < 1.29 is 0 Å². The first-order chi connectivity index (χ1) is 27.0. The lowest BCUT2D eigenvalue weighted by atomic mass is 9.78. The third-order valence-corrected chi connectivity index (χ3v) is 11.9. The summed E-state index contributed by atoms with van der Waals surface area (Å²) >= 11 is 0. The van der Waals surface area contributed by atoms with Gasteiger partial charge in [0, 0.05) is 21.9 Å². The van der Waals surface area contributed by atoms with Crippen LogP contribution in [0.25, 0.3) is 99.2 Å². The molecule has 9 aromatic carbocycles. The van der Waals surface area contributed by atoms with Crippen molar-refractivity contribution in [1.82, 2.24) is 9.97 Å². The molecule has 0 unspecified atom stereocenters. The van der Waals surface area contributed by atoms with Gasteiger partial charge in [0.2, 0.25) is 0 Å². The fraction of sp³-hybridized carbons (Fsp3) is 0.0566. The van der Waals surface area contributed by atoms with E-state index in [2.05, 4.69) is 184 Å². The summed E-state index contributed by atoms with van der Waals surface area (Å²) in [7, 11) is 0. The molecule has 1 aliphatic rings. The van der Waals surface area contributed by atoms with E-state index in [1.54, 1.807) is 0 Å². The summed E-state index contributed by atoms with van der Waals surface area (Å²) in [4.78, 5) is 10.2. The fourth-order valence-corrected chi connectivity index (χ4v) is 9.18. The lowest BCUT2D eigenvalue weighted by Crippen LogP contribution is -2.15. The molecule has 0 spiro atoms. The molecule has 0 fully saturated rings. The highest BCUT2D eigenvalue weighted by molar-refractivity contribution is 6.28. The molecule has 2 heteroatoms. The van der Waals surface area contributed by atoms with E-state index >= 15 is 0 Å². The molecule has 0 radical (unpaired) electrons. The van der Waals surface area contributed by atoms with Gasteiger partial charge in [0.15, 0.2) is 5.82 Å². The highest BCUT2D eigenvalue weighted by Crippen LogP contribution is 2.53. The maximum atomic E-state index is 5.19. The van der Waals surface area contributed by atoms with E-state index < -0.39 is 0 Å². The van der Waals surface area contributed by atoms with Crippen molar-refractivity contribution in [2.75, 3.05) is 0 Å². The first-order valence-electron chi connectivity index (χ1n) is 19.1. The smallest absolute Gasteiger partial charge is 0.160 e. The van der Waals surface area contributed by atoms with Crippen molar-refractivity contribution in [2.45, 2.75) is 19.3 Å². The first kappa shape index (κ1) is 31.6. The number of para-hydroxylation sites is 1. The predicted molar refractivity (Wildman–Crippen MR) is 231 cm³/mol. The van der Waals surface area contributed by atoms with Gasteiger partial charge in [-0.1, -0.05) is 184 Å². The predicted octanol–water partition coefficient (Wildman–Crippen LogP) is 14.1. The normalized spacial score (nSPS) is 13.1. The summed E-state index contributed by atoms with van der Waals surface area (Å²) in [6.07, 6.45) is 0. The Hall–Kier alpha value is -6.90. The molecule has 2 nitrogen and oxygen atoms in total. The molecule has 55 heavy (non-hydrogen) atoms. The minimum atomic E-state index is -0.0912. The van der Waals surface area contributed by atoms with Crippen LogP contribution in [-0.4, -0.2) is 9.97 Å². The van der Waals surface area contributed by atoms with Gasteiger partial charge in [-0.3, -0.25) is 0 Å². The second-order valence-corrected chi connectivity index (χ2v) is 15.3. The molecular weight excluding hydrogens is 665 g/mol. The van der Waals surface area contributed by atoms with Crippen LogP contribution in [0.15, 0.2) is 182 Å². The van der Waals surface area contributed by atoms with E-state index in [1.807, 2.05) is 12.1 Å². The zero-order valence-electron chi connectivity index (χ0n) is 30.7. The van der Waals surface area contributed by atoms with Crippen LogP contribution in [-0.2, 0) is 5.41 Å². The topological polar surface area (TPSA) is 25.8 Å². The van der Waals surface area contributed by atoms with E-state index in [0.29, 0.717) is 0 Å². The third kappa shape index (κ3) is 4.88. The van der Waals surface area contributed by atoms with Crippen LogP contribution in [0.2, 0.25) is 0 Å². The number of hydrogen-bond acceptors (Lipinski definition) is 2. The molecule has 0 bridgehead atoms. The molecule has 0 atom stereocenters. The van der Waals surface area contributed by atoms with Gasteiger partial charge in [-0.25, -0.2) is 9.97 Å². The van der Waals surface area contributed by atoms with Gasteiger partial charge in [-0.15, -0.1) is 0 Å². The van der Waals surface area contributed by atoms with Crippen molar-refractivity contribution in [3.63, 3.8) is 0 Å². The van der Waals surface area contributed by atoms with Crippen molar-refractivity contribution in [3.8, 4) is 56.0 Å². The van der Waals surface area contributed by atoms with Gasteiger partial charge in [0.25, 0.3) is 0 Å². The quantitative estimate of drug-likeness (QED) is 0.171. The number of rotatable bonds is 4. The van der Waals surface area contributed by atoms with Gasteiger partial charge < -0.3 is 0 Å². The Kier molecular flexibility index (Phi) is 6.93. The zero-order chi connectivity index (χ0) is 36.7. The Labute approximate surface area is 320 Å². The monoisotopic (exact) mass is 700 g/mol. The summed E-state index contributed by atoms with van der Waals surface area (Å²) in [5.41, 5.74) is 14.2. The second kappa shape index (κ2) is 12.1. The van der Waals surface area contributed by atoms with Gasteiger partial charge >= 0.3 is 0 Å². The second-order valence-electron chi connectivity index (χ2n) is 15.3. The van der Waals surface area contributed by atoms with Gasteiger partial charge in [0.1, 0.15) is 0 Å². The lowest BCUT2D eigenvalue weighted by Gasteiger charge is -2.24. The van der Waals surface area contributed by atoms with Crippen LogP contribution in [0, 0.1) is 0 Å². The molecule has 0 amide bonds. The molecule has 1 aromatic heterocycles. The highest BCUT2D eigenvalue weighted by Gasteiger charge is 2.37. The molecule has 0 saturated heterocycles. The number of benzene rings is 9. The maximum Gasteiger partial charge on any atom is 0.160 e. The molecule has 1 aliphatic carbocycles. The zero-order valence-corrected chi connectivity index (χ0v) is 30.7. The molecule has 1 heterocycles. The highest BCUT2D eigenvalue weighted by atomic mass is 14.9. The first-order valence-corrected chi connectivity index (χ1v) is 19.1. The largest absolute Gasteiger partial charge is 0.228 e. The summed E-state index contributed by atoms with van der Waals surface area (Å²) in [6, 6.07) is 65.8. The number of fused-ring (bicyclic) bond motifs is 11. The Morgan fingerprint density at radius 1 is 0.364 bits per heavy atom. The lowest BCUT2D eigenvalue weighted by molar-refractivity contribution is 0.666. The van der Waals surface area contributed by atoms with Crippen LogP contribution in [0.4, 0.5) is 0 Å². The summed E-state index contributed by atoms with van der Waals surface area (Å²) in [5.74, 6) is 0.723. The van der Waals surface area contributed by atoms with Crippen LogP contribution in [0.3, 0.4) is 0 Å². The van der Waals surface area contributed by atoms with Crippen LogP contribution in [0.1, 0.15) is 25.0 Å². The molecule has 0 N–H and O–H groups in total. The van der Waals surface area contributed by atoms with Gasteiger partial charge in [-0.05, 0) is 89.0 Å². The minimum Gasteiger partial charge on any atom is -0.228 e. The Morgan fingerprint density at radius 3 is 1.71 bits per heavy atom. The average Bonchev–Trinajstić information content (AvgIpc) is 3.49. The van der Waals surface area contributed by atoms with Crippen molar-refractivity contribution in [3.05, 3.63) is 193 Å². The van der Waals surface area contributed by atoms with Crippen molar-refractivity contribution in [1.29, 1.82) is 0 Å². The van der Waals surface area contributed by atoms with Crippen molar-refractivity contribution >= 4 is 43.2 Å². The molecule has 258 valence electrons. The number of nitrogens with zero attached hydrogens (tertiary/aromatic N) is 2. The van der Waals surface area contributed by atoms with Gasteiger partial charge in [-0.2, -0.15) is 0 Å². The molecular formula is C53H36N2. The molecule has 11 rings (SSSR count). The fourth-order valence-electron chi connectivity index (χ4n) is 9.18. The maximum absolute atomic E-state index is 5.19. The minimum absolute atomic E-state index is 0.0912. The molecule has 0 aliphatic heterocycles. The molecule has 10 aromatic rings. The van der Waals surface area contributed by atoms with E-state index in [1.165, 1.54) is 71.3 Å². The van der Waals surface area contributed by atoms with Crippen LogP contribution < -0.4 is 0 Å². The summed E-state index contributed by atoms with van der Waals surface area (Å²) < 4.78 is 0. The summed E-state index contributed by atoms with van der Waals surface area (Å²) in [6.45, 7) is 4.77. The van der Waals surface area contributed by atoms with Gasteiger partial charge in [0.05, 0.1) is 11.2 Å². The van der Waals surface area contributed by atoms with E-state index in [4.69, 9.17) is 9.97 Å². The third-order valence-electron chi connectivity index (χ3n) is 11.9. The molecule has 0 saturated carbocycles. The summed E-state index contributed by atoms with van der Waals surface area (Å²) in [5, 5.41) is 8.90. The number of aromatic nitrogens is 2. The van der Waals surface area contributed by atoms with Crippen LogP contribution >= 0.6 is 0 Å². The Morgan fingerprint density at radius 2 is 0.909 bits per heavy atom. The Balaban J connectivity index is 1.00. The van der Waals surface area contributed by atoms with Crippen LogP contribution in [0.5, 0.6) is 0 Å².